The normalized spacial score (nSPS) is 15.7. The molecule has 0 unspecified atom stereocenters. The second-order valence-electron chi connectivity index (χ2n) is 6.47. The van der Waals surface area contributed by atoms with E-state index < -0.39 is 0 Å². The molecule has 0 saturated heterocycles. The second-order valence-corrected chi connectivity index (χ2v) is 6.47. The minimum Gasteiger partial charge on any atom is -0.396 e. The van der Waals surface area contributed by atoms with E-state index in [1.54, 1.807) is 0 Å². The van der Waals surface area contributed by atoms with E-state index in [2.05, 4.69) is 55.5 Å². The standard InChI is InChI=1S/C21H26O/c1-2-14-21(15-7-16-22)19-10-5-3-8-17(19)12-13-18-9-4-6-11-20(18)21/h3-6,8-11,22H,2,7,12-16H2,1H3. The molecule has 1 aliphatic rings. The minimum atomic E-state index is 0.0706. The monoisotopic (exact) mass is 294 g/mol. The van der Waals surface area contributed by atoms with Crippen molar-refractivity contribution < 1.29 is 5.11 Å². The molecular weight excluding hydrogens is 268 g/mol. The van der Waals surface area contributed by atoms with E-state index in [0.717, 1.165) is 38.5 Å². The molecule has 2 aromatic carbocycles. The third kappa shape index (κ3) is 2.59. The Morgan fingerprint density at radius 1 is 0.864 bits per heavy atom. The van der Waals surface area contributed by atoms with Gasteiger partial charge in [-0.15, -0.1) is 0 Å². The van der Waals surface area contributed by atoms with Crippen LogP contribution in [0, 0.1) is 0 Å². The highest BCUT2D eigenvalue weighted by Crippen LogP contribution is 2.46. The van der Waals surface area contributed by atoms with Crippen LogP contribution in [0.1, 0.15) is 54.9 Å². The molecule has 0 atom stereocenters. The van der Waals surface area contributed by atoms with E-state index in [-0.39, 0.29) is 12.0 Å². The number of benzene rings is 2. The quantitative estimate of drug-likeness (QED) is 0.851. The van der Waals surface area contributed by atoms with Crippen LogP contribution in [0.2, 0.25) is 0 Å². The molecule has 0 saturated carbocycles. The Morgan fingerprint density at radius 3 is 1.91 bits per heavy atom. The van der Waals surface area contributed by atoms with Gasteiger partial charge in [0.15, 0.2) is 0 Å². The molecule has 0 aliphatic heterocycles. The van der Waals surface area contributed by atoms with E-state index in [4.69, 9.17) is 0 Å². The van der Waals surface area contributed by atoms with Gasteiger partial charge in [-0.2, -0.15) is 0 Å². The number of hydrogen-bond acceptors (Lipinski definition) is 1. The highest BCUT2D eigenvalue weighted by molar-refractivity contribution is 5.49. The lowest BCUT2D eigenvalue weighted by Crippen LogP contribution is -2.29. The van der Waals surface area contributed by atoms with Crippen LogP contribution in [-0.4, -0.2) is 11.7 Å². The molecule has 1 nitrogen and oxygen atoms in total. The van der Waals surface area contributed by atoms with Crippen molar-refractivity contribution >= 4 is 0 Å². The summed E-state index contributed by atoms with van der Waals surface area (Å²) in [4.78, 5) is 0. The van der Waals surface area contributed by atoms with Crippen molar-refractivity contribution in [3.8, 4) is 0 Å². The first-order valence-corrected chi connectivity index (χ1v) is 8.59. The average Bonchev–Trinajstić information content (AvgIpc) is 2.70. The van der Waals surface area contributed by atoms with Crippen molar-refractivity contribution in [3.63, 3.8) is 0 Å². The minimum absolute atomic E-state index is 0.0706. The third-order valence-corrected chi connectivity index (χ3v) is 5.17. The molecule has 1 aliphatic carbocycles. The molecule has 3 rings (SSSR count). The molecule has 0 heterocycles. The number of aliphatic hydroxyl groups is 1. The molecule has 1 heteroatoms. The van der Waals surface area contributed by atoms with Gasteiger partial charge in [-0.3, -0.25) is 0 Å². The summed E-state index contributed by atoms with van der Waals surface area (Å²) < 4.78 is 0. The van der Waals surface area contributed by atoms with Crippen LogP contribution in [0.25, 0.3) is 0 Å². The summed E-state index contributed by atoms with van der Waals surface area (Å²) in [6, 6.07) is 17.9. The Labute approximate surface area is 134 Å². The Balaban J connectivity index is 2.23. The molecule has 0 amide bonds. The van der Waals surface area contributed by atoms with Crippen molar-refractivity contribution in [1.29, 1.82) is 0 Å². The van der Waals surface area contributed by atoms with Gasteiger partial charge in [-0.25, -0.2) is 0 Å². The molecule has 0 radical (unpaired) electrons. The summed E-state index contributed by atoms with van der Waals surface area (Å²) in [5, 5.41) is 9.45. The maximum absolute atomic E-state index is 9.45. The van der Waals surface area contributed by atoms with Crippen molar-refractivity contribution in [2.45, 2.75) is 50.9 Å². The molecule has 22 heavy (non-hydrogen) atoms. The first-order valence-electron chi connectivity index (χ1n) is 8.59. The lowest BCUT2D eigenvalue weighted by atomic mass is 9.67. The van der Waals surface area contributed by atoms with Crippen LogP contribution in [0.5, 0.6) is 0 Å². The van der Waals surface area contributed by atoms with Gasteiger partial charge in [0.25, 0.3) is 0 Å². The summed E-state index contributed by atoms with van der Waals surface area (Å²) in [6.45, 7) is 2.55. The van der Waals surface area contributed by atoms with Gasteiger partial charge in [-0.1, -0.05) is 61.9 Å². The van der Waals surface area contributed by atoms with Crippen LogP contribution >= 0.6 is 0 Å². The summed E-state index contributed by atoms with van der Waals surface area (Å²) >= 11 is 0. The Kier molecular flexibility index (Phi) is 4.63. The molecule has 1 N–H and O–H groups in total. The fourth-order valence-corrected chi connectivity index (χ4v) is 4.30. The molecule has 0 bridgehead atoms. The topological polar surface area (TPSA) is 20.2 Å². The molecule has 116 valence electrons. The maximum Gasteiger partial charge on any atom is 0.0431 e. The van der Waals surface area contributed by atoms with Gasteiger partial charge in [0, 0.05) is 12.0 Å². The highest BCUT2D eigenvalue weighted by Gasteiger charge is 2.37. The van der Waals surface area contributed by atoms with E-state index in [1.807, 2.05) is 0 Å². The molecule has 0 fully saturated rings. The van der Waals surface area contributed by atoms with Crippen LogP contribution in [0.3, 0.4) is 0 Å². The van der Waals surface area contributed by atoms with Crippen LogP contribution in [0.15, 0.2) is 48.5 Å². The predicted octanol–water partition coefficient (Wildman–Crippen LogP) is 4.64. The summed E-state index contributed by atoms with van der Waals surface area (Å²) in [5.41, 5.74) is 6.04. The summed E-state index contributed by atoms with van der Waals surface area (Å²) in [6.07, 6.45) is 6.46. The smallest absolute Gasteiger partial charge is 0.0431 e. The van der Waals surface area contributed by atoms with Crippen molar-refractivity contribution in [2.24, 2.45) is 0 Å². The van der Waals surface area contributed by atoms with Crippen LogP contribution < -0.4 is 0 Å². The van der Waals surface area contributed by atoms with E-state index >= 15 is 0 Å². The van der Waals surface area contributed by atoms with Gasteiger partial charge in [0.2, 0.25) is 0 Å². The Morgan fingerprint density at radius 2 is 1.41 bits per heavy atom. The maximum atomic E-state index is 9.45. The fraction of sp³-hybridized carbons (Fsp3) is 0.429. The zero-order valence-corrected chi connectivity index (χ0v) is 13.5. The lowest BCUT2D eigenvalue weighted by Gasteiger charge is -2.36. The van der Waals surface area contributed by atoms with E-state index in [1.165, 1.54) is 22.3 Å². The van der Waals surface area contributed by atoms with Crippen molar-refractivity contribution in [3.05, 3.63) is 70.8 Å². The predicted molar refractivity (Wildman–Crippen MR) is 92.3 cm³/mol. The average molecular weight is 294 g/mol. The van der Waals surface area contributed by atoms with Gasteiger partial charge < -0.3 is 5.11 Å². The zero-order chi connectivity index (χ0) is 15.4. The van der Waals surface area contributed by atoms with Crippen LogP contribution in [0.4, 0.5) is 0 Å². The lowest BCUT2D eigenvalue weighted by molar-refractivity contribution is 0.265. The fourth-order valence-electron chi connectivity index (χ4n) is 4.30. The van der Waals surface area contributed by atoms with Crippen LogP contribution in [-0.2, 0) is 18.3 Å². The Bertz CT molecular complexity index is 582. The van der Waals surface area contributed by atoms with Gasteiger partial charge >= 0.3 is 0 Å². The number of aryl methyl sites for hydroxylation is 2. The van der Waals surface area contributed by atoms with Gasteiger partial charge in [0.1, 0.15) is 0 Å². The number of hydrogen-bond donors (Lipinski definition) is 1. The second kappa shape index (κ2) is 6.66. The number of rotatable bonds is 5. The Hall–Kier alpha value is -1.60. The number of fused-ring (bicyclic) bond motifs is 2. The van der Waals surface area contributed by atoms with Crippen molar-refractivity contribution in [1.82, 2.24) is 0 Å². The largest absolute Gasteiger partial charge is 0.396 e. The zero-order valence-electron chi connectivity index (χ0n) is 13.5. The summed E-state index contributed by atoms with van der Waals surface area (Å²) in [5.74, 6) is 0. The SMILES string of the molecule is CCCC1(CCCO)c2ccccc2CCc2ccccc21. The van der Waals surface area contributed by atoms with Crippen molar-refractivity contribution in [2.75, 3.05) is 6.61 Å². The van der Waals surface area contributed by atoms with Gasteiger partial charge in [0.05, 0.1) is 0 Å². The first-order chi connectivity index (χ1) is 10.8. The molecule has 0 spiro atoms. The van der Waals surface area contributed by atoms with E-state index in [0.29, 0.717) is 0 Å². The number of aliphatic hydroxyl groups excluding tert-OH is 1. The highest BCUT2D eigenvalue weighted by atomic mass is 16.2. The molecule has 0 aromatic heterocycles. The first kappa shape index (κ1) is 15.3. The summed E-state index contributed by atoms with van der Waals surface area (Å²) in [7, 11) is 0. The third-order valence-electron chi connectivity index (χ3n) is 5.17. The molecular formula is C21H26O. The molecule has 2 aromatic rings. The van der Waals surface area contributed by atoms with Gasteiger partial charge in [-0.05, 0) is 54.4 Å². The van der Waals surface area contributed by atoms with E-state index in [9.17, 15) is 5.11 Å².